The van der Waals surface area contributed by atoms with E-state index in [1.165, 1.54) is 35.9 Å². The van der Waals surface area contributed by atoms with E-state index in [9.17, 15) is 14.0 Å². The van der Waals surface area contributed by atoms with Crippen molar-refractivity contribution in [2.45, 2.75) is 19.9 Å². The van der Waals surface area contributed by atoms with E-state index in [2.05, 4.69) is 26.3 Å². The van der Waals surface area contributed by atoms with Crippen LogP contribution in [0.3, 0.4) is 0 Å². The van der Waals surface area contributed by atoms with Crippen molar-refractivity contribution >= 4 is 27.8 Å². The lowest BCUT2D eigenvalue weighted by atomic mass is 10.0. The number of benzene rings is 1. The Morgan fingerprint density at radius 1 is 1.30 bits per heavy atom. The molecule has 0 aliphatic carbocycles. The highest BCUT2D eigenvalue weighted by molar-refractivity contribution is 9.10. The SMILES string of the molecule is CC(NC(=O)c1nn(-c2ccc(F)cc2)cc1Br)C(C)C(=O)O. The highest BCUT2D eigenvalue weighted by atomic mass is 79.9. The summed E-state index contributed by atoms with van der Waals surface area (Å²) in [6.45, 7) is 3.13. The first-order valence-corrected chi connectivity index (χ1v) is 7.63. The van der Waals surface area contributed by atoms with E-state index < -0.39 is 23.8 Å². The fourth-order valence-electron chi connectivity index (χ4n) is 1.85. The molecule has 0 spiro atoms. The van der Waals surface area contributed by atoms with Crippen LogP contribution < -0.4 is 5.32 Å². The number of hydrogen-bond donors (Lipinski definition) is 2. The Kier molecular flexibility index (Phi) is 5.15. The highest BCUT2D eigenvalue weighted by Crippen LogP contribution is 2.19. The first-order chi connectivity index (χ1) is 10.8. The van der Waals surface area contributed by atoms with E-state index in [-0.39, 0.29) is 11.5 Å². The second kappa shape index (κ2) is 6.91. The van der Waals surface area contributed by atoms with Gasteiger partial charge in [-0.05, 0) is 54.0 Å². The Morgan fingerprint density at radius 2 is 1.91 bits per heavy atom. The summed E-state index contributed by atoms with van der Waals surface area (Å²) in [7, 11) is 0. The van der Waals surface area contributed by atoms with Crippen LogP contribution in [0.4, 0.5) is 4.39 Å². The van der Waals surface area contributed by atoms with Gasteiger partial charge in [-0.3, -0.25) is 9.59 Å². The van der Waals surface area contributed by atoms with Gasteiger partial charge in [0, 0.05) is 12.2 Å². The van der Waals surface area contributed by atoms with Crippen molar-refractivity contribution in [2.24, 2.45) is 5.92 Å². The fourth-order valence-corrected chi connectivity index (χ4v) is 2.30. The number of carbonyl (C=O) groups excluding carboxylic acids is 1. The molecule has 0 fully saturated rings. The molecule has 0 radical (unpaired) electrons. The zero-order valence-corrected chi connectivity index (χ0v) is 14.0. The van der Waals surface area contributed by atoms with Gasteiger partial charge >= 0.3 is 5.97 Å². The van der Waals surface area contributed by atoms with Crippen LogP contribution in [-0.4, -0.2) is 32.8 Å². The molecule has 0 aliphatic rings. The van der Waals surface area contributed by atoms with Crippen LogP contribution in [0, 0.1) is 11.7 Å². The summed E-state index contributed by atoms with van der Waals surface area (Å²) in [5.74, 6) is -2.57. The molecule has 6 nitrogen and oxygen atoms in total. The van der Waals surface area contributed by atoms with Crippen LogP contribution in [0.15, 0.2) is 34.9 Å². The van der Waals surface area contributed by atoms with Gasteiger partial charge in [-0.15, -0.1) is 0 Å². The van der Waals surface area contributed by atoms with E-state index in [4.69, 9.17) is 5.11 Å². The number of carboxylic acid groups (broad SMARTS) is 1. The molecule has 0 saturated carbocycles. The standard InChI is InChI=1S/C15H15BrFN3O3/c1-8(15(22)23)9(2)18-14(21)13-12(16)7-20(19-13)11-5-3-10(17)4-6-11/h3-9H,1-2H3,(H,18,21)(H,22,23). The number of rotatable bonds is 5. The Morgan fingerprint density at radius 3 is 2.48 bits per heavy atom. The summed E-state index contributed by atoms with van der Waals surface area (Å²) < 4.78 is 14.8. The summed E-state index contributed by atoms with van der Waals surface area (Å²) >= 11 is 3.25. The molecule has 1 aromatic heterocycles. The van der Waals surface area contributed by atoms with Crippen molar-refractivity contribution in [1.82, 2.24) is 15.1 Å². The van der Waals surface area contributed by atoms with Gasteiger partial charge < -0.3 is 10.4 Å². The highest BCUT2D eigenvalue weighted by Gasteiger charge is 2.24. The largest absolute Gasteiger partial charge is 0.481 e. The monoisotopic (exact) mass is 383 g/mol. The van der Waals surface area contributed by atoms with E-state index >= 15 is 0 Å². The smallest absolute Gasteiger partial charge is 0.308 e. The quantitative estimate of drug-likeness (QED) is 0.830. The third-order valence-electron chi connectivity index (χ3n) is 3.47. The van der Waals surface area contributed by atoms with Gasteiger partial charge in [0.05, 0.1) is 16.1 Å². The Labute approximate surface area is 140 Å². The average Bonchev–Trinajstić information content (AvgIpc) is 2.89. The molecule has 2 N–H and O–H groups in total. The molecular formula is C15H15BrFN3O3. The minimum Gasteiger partial charge on any atom is -0.481 e. The molecular weight excluding hydrogens is 369 g/mol. The number of nitrogens with zero attached hydrogens (tertiary/aromatic N) is 2. The molecule has 2 unspecified atom stereocenters. The van der Waals surface area contributed by atoms with Gasteiger partial charge in [-0.2, -0.15) is 5.10 Å². The Hall–Kier alpha value is -2.22. The zero-order valence-electron chi connectivity index (χ0n) is 12.5. The maximum Gasteiger partial charge on any atom is 0.308 e. The summed E-state index contributed by atoms with van der Waals surface area (Å²) in [5.41, 5.74) is 0.719. The molecule has 8 heteroatoms. The van der Waals surface area contributed by atoms with Crippen LogP contribution in [0.1, 0.15) is 24.3 Å². The number of halogens is 2. The Balaban J connectivity index is 2.19. The average molecular weight is 384 g/mol. The minimum absolute atomic E-state index is 0.124. The number of carboxylic acids is 1. The summed E-state index contributed by atoms with van der Waals surface area (Å²) in [6.07, 6.45) is 1.58. The van der Waals surface area contributed by atoms with Crippen molar-refractivity contribution in [3.05, 3.63) is 46.4 Å². The molecule has 0 saturated heterocycles. The van der Waals surface area contributed by atoms with Crippen LogP contribution in [0.2, 0.25) is 0 Å². The van der Waals surface area contributed by atoms with Crippen molar-refractivity contribution in [2.75, 3.05) is 0 Å². The lowest BCUT2D eigenvalue weighted by Gasteiger charge is -2.17. The predicted molar refractivity (Wildman–Crippen MR) is 85.0 cm³/mol. The van der Waals surface area contributed by atoms with E-state index in [0.717, 1.165) is 0 Å². The molecule has 1 aromatic carbocycles. The second-order valence-corrected chi connectivity index (χ2v) is 5.99. The summed E-state index contributed by atoms with van der Waals surface area (Å²) in [4.78, 5) is 23.2. The van der Waals surface area contributed by atoms with E-state index in [1.54, 1.807) is 13.1 Å². The molecule has 2 rings (SSSR count). The maximum atomic E-state index is 12.9. The normalized spacial score (nSPS) is 13.4. The first-order valence-electron chi connectivity index (χ1n) is 6.84. The van der Waals surface area contributed by atoms with Gasteiger partial charge in [-0.25, -0.2) is 9.07 Å². The van der Waals surface area contributed by atoms with Crippen molar-refractivity contribution in [1.29, 1.82) is 0 Å². The van der Waals surface area contributed by atoms with Crippen LogP contribution in [0.5, 0.6) is 0 Å². The third-order valence-corrected chi connectivity index (χ3v) is 4.05. The Bertz CT molecular complexity index is 730. The fraction of sp³-hybridized carbons (Fsp3) is 0.267. The molecule has 122 valence electrons. The molecule has 0 bridgehead atoms. The predicted octanol–water partition coefficient (Wildman–Crippen LogP) is 2.61. The van der Waals surface area contributed by atoms with Crippen LogP contribution in [-0.2, 0) is 4.79 Å². The molecule has 2 aromatic rings. The maximum absolute atomic E-state index is 12.9. The number of nitrogens with one attached hydrogen (secondary N) is 1. The second-order valence-electron chi connectivity index (χ2n) is 5.14. The van der Waals surface area contributed by atoms with Crippen molar-refractivity contribution < 1.29 is 19.1 Å². The molecule has 0 aliphatic heterocycles. The van der Waals surface area contributed by atoms with Gasteiger partial charge in [-0.1, -0.05) is 0 Å². The number of hydrogen-bond acceptors (Lipinski definition) is 3. The van der Waals surface area contributed by atoms with Crippen molar-refractivity contribution in [3.8, 4) is 5.69 Å². The topological polar surface area (TPSA) is 84.2 Å². The number of aliphatic carboxylic acids is 1. The lowest BCUT2D eigenvalue weighted by molar-refractivity contribution is -0.141. The third kappa shape index (κ3) is 3.95. The van der Waals surface area contributed by atoms with Gasteiger partial charge in [0.15, 0.2) is 5.69 Å². The van der Waals surface area contributed by atoms with Gasteiger partial charge in [0.25, 0.3) is 5.91 Å². The molecule has 2 atom stereocenters. The van der Waals surface area contributed by atoms with Crippen LogP contribution in [0.25, 0.3) is 5.69 Å². The van der Waals surface area contributed by atoms with E-state index in [1.807, 2.05) is 0 Å². The van der Waals surface area contributed by atoms with Crippen molar-refractivity contribution in [3.63, 3.8) is 0 Å². The number of aromatic nitrogens is 2. The van der Waals surface area contributed by atoms with E-state index in [0.29, 0.717) is 10.2 Å². The first kappa shape index (κ1) is 17.1. The molecule has 1 heterocycles. The minimum atomic E-state index is -0.992. The molecule has 23 heavy (non-hydrogen) atoms. The van der Waals surface area contributed by atoms with Gasteiger partial charge in [0.1, 0.15) is 5.82 Å². The van der Waals surface area contributed by atoms with Crippen LogP contribution >= 0.6 is 15.9 Å². The summed E-state index contributed by atoms with van der Waals surface area (Å²) in [5, 5.41) is 15.7. The number of carbonyl (C=O) groups is 2. The van der Waals surface area contributed by atoms with Gasteiger partial charge in [0.2, 0.25) is 0 Å². The number of amides is 1. The zero-order chi connectivity index (χ0) is 17.1. The summed E-state index contributed by atoms with van der Waals surface area (Å²) in [6, 6.07) is 5.10. The lowest BCUT2D eigenvalue weighted by Crippen LogP contribution is -2.40. The molecule has 1 amide bonds.